The molecule has 17 nitrogen and oxygen atoms in total. The molecule has 0 aromatic carbocycles. The minimum atomic E-state index is -2.38. The summed E-state index contributed by atoms with van der Waals surface area (Å²) < 4.78 is 125. The molecule has 18 atom stereocenters. The molecule has 6 saturated carbocycles. The molecule has 2 heterocycles. The van der Waals surface area contributed by atoms with E-state index in [-0.39, 0.29) is 164 Å². The van der Waals surface area contributed by atoms with Crippen molar-refractivity contribution in [3.8, 4) is 0 Å². The monoisotopic (exact) mass is 1210 g/mol. The number of esters is 4. The second kappa shape index (κ2) is 24.2. The normalized spacial score (nSPS) is 40.6. The Kier molecular flexibility index (Phi) is 20.0. The van der Waals surface area contributed by atoms with Crippen LogP contribution in [0.1, 0.15) is 112 Å². The van der Waals surface area contributed by atoms with Gasteiger partial charge in [0.05, 0.1) is 24.7 Å². The van der Waals surface area contributed by atoms with Gasteiger partial charge in [-0.05, 0) is 132 Å². The number of furan rings is 2. The van der Waals surface area contributed by atoms with Crippen molar-refractivity contribution in [1.29, 1.82) is 0 Å². The Hall–Kier alpha value is -3.22. The van der Waals surface area contributed by atoms with Gasteiger partial charge >= 0.3 is 127 Å². The van der Waals surface area contributed by atoms with Crippen LogP contribution >= 0.6 is 0 Å². The van der Waals surface area contributed by atoms with Crippen molar-refractivity contribution < 1.29 is 211 Å². The molecule has 2 N–H and O–H groups in total. The van der Waals surface area contributed by atoms with Gasteiger partial charge in [-0.1, -0.05) is 39.8 Å². The van der Waals surface area contributed by atoms with E-state index >= 15 is 17.6 Å². The molecule has 3 unspecified atom stereocenters. The zero-order chi connectivity index (χ0) is 59.2. The van der Waals surface area contributed by atoms with Crippen LogP contribution in [0.15, 0.2) is 81.1 Å². The number of carboxylic acid groups (broad SMARTS) is 2. The van der Waals surface area contributed by atoms with E-state index in [4.69, 9.17) is 42.8 Å². The topological polar surface area (TPSA) is 269 Å². The third kappa shape index (κ3) is 9.93. The fourth-order valence-corrected chi connectivity index (χ4v) is 16.3. The summed E-state index contributed by atoms with van der Waals surface area (Å²) in [5.41, 5.74) is -14.3. The van der Waals surface area contributed by atoms with Crippen molar-refractivity contribution in [1.82, 2.24) is 0 Å². The number of ketones is 2. The van der Waals surface area contributed by atoms with Gasteiger partial charge in [0.15, 0.2) is 22.9 Å². The Balaban J connectivity index is 0.000000242. The van der Waals surface area contributed by atoms with Crippen LogP contribution in [0, 0.1) is 71.0 Å². The Morgan fingerprint density at radius 1 is 0.622 bits per heavy atom. The molecule has 6 fully saturated rings. The van der Waals surface area contributed by atoms with E-state index in [1.54, 1.807) is 41.5 Å². The second-order valence-corrected chi connectivity index (χ2v) is 23.4. The summed E-state index contributed by atoms with van der Waals surface area (Å²) >= 11 is 0. The molecule has 82 heavy (non-hydrogen) atoms. The molecule has 2 aromatic rings. The molecule has 2 aromatic heterocycles. The van der Waals surface area contributed by atoms with Crippen LogP contribution in [-0.4, -0.2) is 113 Å². The number of aliphatic hydroxyl groups excluding tert-OH is 2. The average Bonchev–Trinajstić information content (AvgIpc) is 4.12. The molecule has 0 amide bonds. The van der Waals surface area contributed by atoms with Crippen LogP contribution < -0.4 is 113 Å². The fourth-order valence-electron chi connectivity index (χ4n) is 16.3. The average molecular weight is 1210 g/mol. The van der Waals surface area contributed by atoms with Crippen LogP contribution in [0.25, 0.3) is 0 Å². The number of halogens is 6. The minimum Gasteiger partial charge on any atom is -0.652 e. The van der Waals surface area contributed by atoms with Crippen molar-refractivity contribution in [3.05, 3.63) is 94.9 Å². The van der Waals surface area contributed by atoms with Crippen molar-refractivity contribution in [2.24, 2.45) is 57.2 Å². The summed E-state index contributed by atoms with van der Waals surface area (Å²) in [5, 5.41) is 39.7. The van der Waals surface area contributed by atoms with Crippen molar-refractivity contribution >= 4 is 41.6 Å². The van der Waals surface area contributed by atoms with Crippen LogP contribution in [0.3, 0.4) is 0 Å². The number of hydrogen-bond donors (Lipinski definition) is 2. The summed E-state index contributed by atoms with van der Waals surface area (Å²) in [7, 11) is 0. The SMILES string of the molecule is Cc1ccoc1C(=O)O[C@]1(C(=O)OCF)[C@H](C)CC2C3C[C@H](F)C4=CC(=O)C=C[C@]4(C)[C@@]3(F)[C@@H](O)C[C@@]21C.Cc1ccoc1C(=O)O[C@]1(C(=O)OCF)[C@H](C)CC2[C@H]3C[C@H](F)C4=CC(=O)C=C[C@]4(C)[C@@]3(F)[C@@H](O)C[C@@]21C.O=C([O-])[O-].[K+].[K+]. The van der Waals surface area contributed by atoms with Crippen LogP contribution in [0.5, 0.6) is 0 Å². The molecule has 0 aliphatic heterocycles. The number of aryl methyl sites for hydroxylation is 2. The van der Waals surface area contributed by atoms with Gasteiger partial charge in [0.25, 0.3) is 0 Å². The number of aliphatic hydroxyl groups is 2. The maximum atomic E-state index is 17.4. The smallest absolute Gasteiger partial charge is 0.652 e. The number of carbonyl (C=O) groups excluding carboxylic acids is 7. The number of allylic oxidation sites excluding steroid dienone is 8. The number of fused-ring (bicyclic) bond motifs is 10. The van der Waals surface area contributed by atoms with Gasteiger partial charge in [-0.25, -0.2) is 45.5 Å². The molecule has 0 radical (unpaired) electrons. The maximum absolute atomic E-state index is 17.4. The van der Waals surface area contributed by atoms with Crippen molar-refractivity contribution in [2.45, 2.75) is 141 Å². The van der Waals surface area contributed by atoms with Gasteiger partial charge in [-0.15, -0.1) is 0 Å². The Bertz CT molecular complexity index is 2820. The molecule has 10 rings (SSSR count). The van der Waals surface area contributed by atoms with E-state index in [0.717, 1.165) is 12.2 Å². The zero-order valence-electron chi connectivity index (χ0n) is 47.0. The van der Waals surface area contributed by atoms with E-state index in [9.17, 15) is 47.8 Å². The molecule has 0 bridgehead atoms. The summed E-state index contributed by atoms with van der Waals surface area (Å²) in [4.78, 5) is 85.8. The second-order valence-electron chi connectivity index (χ2n) is 23.4. The predicted molar refractivity (Wildman–Crippen MR) is 259 cm³/mol. The van der Waals surface area contributed by atoms with Crippen LogP contribution in [0.4, 0.5) is 31.1 Å². The van der Waals surface area contributed by atoms with Crippen LogP contribution in [-0.2, 0) is 38.1 Å². The van der Waals surface area contributed by atoms with E-state index in [1.165, 1.54) is 62.8 Å². The Morgan fingerprint density at radius 2 is 0.951 bits per heavy atom. The fraction of sp³-hybridized carbons (Fsp3) is 0.596. The van der Waals surface area contributed by atoms with E-state index in [0.29, 0.717) is 11.1 Å². The third-order valence-electron chi connectivity index (χ3n) is 19.9. The third-order valence-corrected chi connectivity index (χ3v) is 19.9. The molecule has 0 spiro atoms. The standard InChI is InChI=1S/2C28H31F3O7.CH2O3.2K/c2*1-14-6-8-36-22(14)23(34)38-28(24(35)37-13-29)15(2)9-17-18-11-20(30)19-10-16(32)5-7-25(19,3)27(18,31)21(33)12-26(17,28)4;2-1(3)4;;/h2*5-8,10,15,17-18,20-21,33H,9,11-13H2,1-4H3;(H2,2,3,4);;/q;;;2*+1/p-2/t15-,17?,18?,20+,21+,25+,26+,27+,28+;15-,17?,18-,20+,21+,25+,26+,27+,28+;;;/m11.../s1. The summed E-state index contributed by atoms with van der Waals surface area (Å²) in [6, 6.07) is 3.07. The number of hydrogen-bond acceptors (Lipinski definition) is 17. The van der Waals surface area contributed by atoms with Gasteiger partial charge in [-0.2, -0.15) is 0 Å². The first-order valence-electron chi connectivity index (χ1n) is 26.1. The van der Waals surface area contributed by atoms with E-state index in [2.05, 4.69) is 0 Å². The first-order valence-corrected chi connectivity index (χ1v) is 26.1. The molecular formula is C57H62F6K2O17. The summed E-state index contributed by atoms with van der Waals surface area (Å²) in [6.45, 7) is 9.55. The van der Waals surface area contributed by atoms with Gasteiger partial charge in [0, 0.05) is 56.5 Å². The molecular weight excluding hydrogens is 1150 g/mol. The van der Waals surface area contributed by atoms with Crippen molar-refractivity contribution in [3.63, 3.8) is 0 Å². The molecule has 436 valence electrons. The quantitative estimate of drug-likeness (QED) is 0.159. The predicted octanol–water partition coefficient (Wildman–Crippen LogP) is 0.598. The minimum absolute atomic E-state index is 0. The Labute approximate surface area is 553 Å². The zero-order valence-corrected chi connectivity index (χ0v) is 53.2. The van der Waals surface area contributed by atoms with Gasteiger partial charge in [-0.3, -0.25) is 9.59 Å². The van der Waals surface area contributed by atoms with E-state index in [1.807, 2.05) is 0 Å². The number of alkyl halides is 6. The first-order chi connectivity index (χ1) is 37.3. The van der Waals surface area contributed by atoms with Crippen molar-refractivity contribution in [2.75, 3.05) is 13.7 Å². The molecule has 25 heteroatoms. The molecule has 0 saturated heterocycles. The summed E-state index contributed by atoms with van der Waals surface area (Å²) in [6.07, 6.45) is -0.588. The van der Waals surface area contributed by atoms with E-state index < -0.39 is 160 Å². The maximum Gasteiger partial charge on any atom is 1.00 e. The van der Waals surface area contributed by atoms with Gasteiger partial charge in [0.2, 0.25) is 36.4 Å². The molecule has 8 aliphatic rings. The van der Waals surface area contributed by atoms with Crippen LogP contribution in [0.2, 0.25) is 0 Å². The van der Waals surface area contributed by atoms with Gasteiger partial charge < -0.3 is 53.0 Å². The van der Waals surface area contributed by atoms with Gasteiger partial charge in [0.1, 0.15) is 12.3 Å². The molecule has 8 aliphatic carbocycles. The summed E-state index contributed by atoms with van der Waals surface area (Å²) in [5.74, 6) is -10.8. The number of ether oxygens (including phenoxy) is 4. The first kappa shape index (κ1) is 67.9. The number of carbonyl (C=O) groups is 7. The Morgan fingerprint density at radius 3 is 1.24 bits per heavy atom. The largest absolute Gasteiger partial charge is 1.00 e. The number of rotatable bonds is 8.